The standard InChI is InChI=1S/C15H16ClN3O2/c1-9-12(10(2)21-18-9)8-19-14-5-4-11(20-3)6-13(14)17-15(19)7-16/h4-6H,7-8H2,1-3H3. The molecule has 0 aliphatic rings. The van der Waals surface area contributed by atoms with Crippen LogP contribution in [0.2, 0.25) is 0 Å². The SMILES string of the molecule is COc1ccc2c(c1)nc(CCl)n2Cc1c(C)noc1C. The molecule has 1 aromatic carbocycles. The van der Waals surface area contributed by atoms with Crippen LogP contribution in [0.1, 0.15) is 22.8 Å². The van der Waals surface area contributed by atoms with E-state index < -0.39 is 0 Å². The van der Waals surface area contributed by atoms with Crippen LogP contribution in [-0.2, 0) is 12.4 Å². The molecule has 0 bridgehead atoms. The highest BCUT2D eigenvalue weighted by Crippen LogP contribution is 2.25. The Labute approximate surface area is 127 Å². The van der Waals surface area contributed by atoms with Gasteiger partial charge >= 0.3 is 0 Å². The Hall–Kier alpha value is -2.01. The van der Waals surface area contributed by atoms with Crippen LogP contribution in [-0.4, -0.2) is 21.8 Å². The van der Waals surface area contributed by atoms with Crippen molar-refractivity contribution in [3.05, 3.63) is 41.0 Å². The van der Waals surface area contributed by atoms with E-state index in [2.05, 4.69) is 14.7 Å². The maximum atomic E-state index is 6.04. The highest BCUT2D eigenvalue weighted by atomic mass is 35.5. The van der Waals surface area contributed by atoms with E-state index in [4.69, 9.17) is 20.9 Å². The van der Waals surface area contributed by atoms with E-state index in [1.165, 1.54) is 0 Å². The summed E-state index contributed by atoms with van der Waals surface area (Å²) < 4.78 is 12.6. The van der Waals surface area contributed by atoms with Gasteiger partial charge in [0.05, 0.1) is 36.3 Å². The monoisotopic (exact) mass is 305 g/mol. The molecule has 2 aromatic heterocycles. The largest absolute Gasteiger partial charge is 0.497 e. The van der Waals surface area contributed by atoms with E-state index in [0.29, 0.717) is 12.4 Å². The van der Waals surface area contributed by atoms with Gasteiger partial charge in [-0.2, -0.15) is 0 Å². The van der Waals surface area contributed by atoms with E-state index in [1.54, 1.807) is 7.11 Å². The lowest BCUT2D eigenvalue weighted by atomic mass is 10.2. The Balaban J connectivity index is 2.12. The molecule has 0 aliphatic heterocycles. The van der Waals surface area contributed by atoms with Gasteiger partial charge in [0.2, 0.25) is 0 Å². The number of imidazole rings is 1. The molecule has 0 atom stereocenters. The Bertz CT molecular complexity index is 772. The molecule has 0 N–H and O–H groups in total. The van der Waals surface area contributed by atoms with Crippen molar-refractivity contribution in [3.8, 4) is 5.75 Å². The van der Waals surface area contributed by atoms with Gasteiger partial charge in [-0.25, -0.2) is 4.98 Å². The van der Waals surface area contributed by atoms with Gasteiger partial charge in [0.25, 0.3) is 0 Å². The first-order valence-electron chi connectivity index (χ1n) is 6.65. The van der Waals surface area contributed by atoms with Crippen LogP contribution >= 0.6 is 11.6 Å². The molecule has 6 heteroatoms. The molecule has 5 nitrogen and oxygen atoms in total. The van der Waals surface area contributed by atoms with Crippen molar-refractivity contribution in [3.63, 3.8) is 0 Å². The molecule has 0 amide bonds. The first-order chi connectivity index (χ1) is 10.1. The Kier molecular flexibility index (Phi) is 3.59. The molecule has 0 aliphatic carbocycles. The van der Waals surface area contributed by atoms with Crippen LogP contribution in [0.4, 0.5) is 0 Å². The maximum Gasteiger partial charge on any atom is 0.138 e. The summed E-state index contributed by atoms with van der Waals surface area (Å²) in [6, 6.07) is 5.83. The molecule has 3 rings (SSSR count). The van der Waals surface area contributed by atoms with Crippen LogP contribution in [0.3, 0.4) is 0 Å². The van der Waals surface area contributed by atoms with Crippen molar-refractivity contribution < 1.29 is 9.26 Å². The third-order valence-electron chi connectivity index (χ3n) is 3.65. The summed E-state index contributed by atoms with van der Waals surface area (Å²) in [6.07, 6.45) is 0. The number of hydrogen-bond donors (Lipinski definition) is 0. The number of benzene rings is 1. The number of halogens is 1. The molecule has 2 heterocycles. The summed E-state index contributed by atoms with van der Waals surface area (Å²) in [6.45, 7) is 4.50. The summed E-state index contributed by atoms with van der Waals surface area (Å²) in [7, 11) is 1.64. The number of aryl methyl sites for hydroxylation is 2. The molecule has 0 saturated heterocycles. The number of alkyl halides is 1. The first-order valence-corrected chi connectivity index (χ1v) is 7.18. The number of hydrogen-bond acceptors (Lipinski definition) is 4. The number of ether oxygens (including phenoxy) is 1. The van der Waals surface area contributed by atoms with Gasteiger partial charge in [-0.05, 0) is 26.0 Å². The number of methoxy groups -OCH3 is 1. The second kappa shape index (κ2) is 5.41. The second-order valence-electron chi connectivity index (χ2n) is 4.91. The normalized spacial score (nSPS) is 11.2. The Morgan fingerprint density at radius 3 is 2.76 bits per heavy atom. The maximum absolute atomic E-state index is 6.04. The number of rotatable bonds is 4. The highest BCUT2D eigenvalue weighted by Gasteiger charge is 2.15. The highest BCUT2D eigenvalue weighted by molar-refractivity contribution is 6.16. The molecular formula is C15H16ClN3O2. The summed E-state index contributed by atoms with van der Waals surface area (Å²) in [5.74, 6) is 2.77. The van der Waals surface area contributed by atoms with E-state index in [1.807, 2.05) is 32.0 Å². The second-order valence-corrected chi connectivity index (χ2v) is 5.17. The van der Waals surface area contributed by atoms with Crippen LogP contribution in [0, 0.1) is 13.8 Å². The summed E-state index contributed by atoms with van der Waals surface area (Å²) in [4.78, 5) is 4.58. The third kappa shape index (κ3) is 2.38. The van der Waals surface area contributed by atoms with Gasteiger partial charge < -0.3 is 13.8 Å². The summed E-state index contributed by atoms with van der Waals surface area (Å²) in [5.41, 5.74) is 3.85. The van der Waals surface area contributed by atoms with Crippen LogP contribution in [0.5, 0.6) is 5.75 Å². The predicted molar refractivity (Wildman–Crippen MR) is 80.9 cm³/mol. The minimum Gasteiger partial charge on any atom is -0.497 e. The fourth-order valence-corrected chi connectivity index (χ4v) is 2.65. The van der Waals surface area contributed by atoms with Crippen molar-refractivity contribution in [2.24, 2.45) is 0 Å². The molecule has 0 fully saturated rings. The van der Waals surface area contributed by atoms with Crippen LogP contribution in [0.15, 0.2) is 22.7 Å². The zero-order chi connectivity index (χ0) is 15.0. The lowest BCUT2D eigenvalue weighted by Gasteiger charge is -2.07. The van der Waals surface area contributed by atoms with Crippen molar-refractivity contribution in [1.82, 2.24) is 14.7 Å². The molecule has 21 heavy (non-hydrogen) atoms. The zero-order valence-corrected chi connectivity index (χ0v) is 12.9. The molecule has 0 radical (unpaired) electrons. The van der Waals surface area contributed by atoms with Gasteiger partial charge in [0.15, 0.2) is 0 Å². The van der Waals surface area contributed by atoms with Gasteiger partial charge in [-0.15, -0.1) is 11.6 Å². The predicted octanol–water partition coefficient (Wildman–Crippen LogP) is 3.44. The Morgan fingerprint density at radius 2 is 2.14 bits per heavy atom. The van der Waals surface area contributed by atoms with Crippen molar-refractivity contribution in [2.75, 3.05) is 7.11 Å². The summed E-state index contributed by atoms with van der Waals surface area (Å²) in [5, 5.41) is 4.00. The van der Waals surface area contributed by atoms with Crippen LogP contribution < -0.4 is 4.74 Å². The lowest BCUT2D eigenvalue weighted by Crippen LogP contribution is -2.05. The van der Waals surface area contributed by atoms with Crippen LogP contribution in [0.25, 0.3) is 11.0 Å². The van der Waals surface area contributed by atoms with E-state index in [9.17, 15) is 0 Å². The fourth-order valence-electron chi connectivity index (χ4n) is 2.45. The van der Waals surface area contributed by atoms with Gasteiger partial charge in [0.1, 0.15) is 17.3 Å². The molecule has 0 spiro atoms. The van der Waals surface area contributed by atoms with Gasteiger partial charge in [-0.1, -0.05) is 5.16 Å². The molecule has 110 valence electrons. The first kappa shape index (κ1) is 13.9. The summed E-state index contributed by atoms with van der Waals surface area (Å²) >= 11 is 6.04. The van der Waals surface area contributed by atoms with E-state index in [-0.39, 0.29) is 0 Å². The molecule has 3 aromatic rings. The molecule has 0 saturated carbocycles. The quantitative estimate of drug-likeness (QED) is 0.693. The lowest BCUT2D eigenvalue weighted by molar-refractivity contribution is 0.392. The number of aromatic nitrogens is 3. The zero-order valence-electron chi connectivity index (χ0n) is 12.2. The van der Waals surface area contributed by atoms with Gasteiger partial charge in [0, 0.05) is 11.6 Å². The topological polar surface area (TPSA) is 53.1 Å². The van der Waals surface area contributed by atoms with Crippen molar-refractivity contribution >= 4 is 22.6 Å². The number of fused-ring (bicyclic) bond motifs is 1. The van der Waals surface area contributed by atoms with E-state index >= 15 is 0 Å². The average Bonchev–Trinajstić information content (AvgIpc) is 3.01. The van der Waals surface area contributed by atoms with Crippen molar-refractivity contribution in [2.45, 2.75) is 26.3 Å². The van der Waals surface area contributed by atoms with Gasteiger partial charge in [-0.3, -0.25) is 0 Å². The minimum absolute atomic E-state index is 0.348. The van der Waals surface area contributed by atoms with Crippen molar-refractivity contribution in [1.29, 1.82) is 0 Å². The minimum atomic E-state index is 0.348. The van der Waals surface area contributed by atoms with E-state index in [0.717, 1.165) is 39.6 Å². The third-order valence-corrected chi connectivity index (χ3v) is 3.89. The fraction of sp³-hybridized carbons (Fsp3) is 0.333. The Morgan fingerprint density at radius 1 is 1.33 bits per heavy atom. The number of nitrogens with zero attached hydrogens (tertiary/aromatic N) is 3. The average molecular weight is 306 g/mol. The smallest absolute Gasteiger partial charge is 0.138 e. The molecular weight excluding hydrogens is 290 g/mol. The molecule has 0 unspecified atom stereocenters.